The van der Waals surface area contributed by atoms with Gasteiger partial charge in [-0.3, -0.25) is 9.59 Å². The predicted octanol–water partition coefficient (Wildman–Crippen LogP) is 6.35. The number of carbonyl (C=O) groups is 4. The van der Waals surface area contributed by atoms with Gasteiger partial charge in [0.1, 0.15) is 17.5 Å². The molecule has 244 valence electrons. The van der Waals surface area contributed by atoms with E-state index >= 15 is 0 Å². The molecule has 4 bridgehead atoms. The first-order chi connectivity index (χ1) is 21.2. The fraction of sp³-hybridized carbons (Fsp3) is 0.676. The number of allylic oxidation sites excluding steroid dienone is 4. The molecule has 2 aliphatic heterocycles. The third-order valence-corrected chi connectivity index (χ3v) is 11.6. The number of ether oxygens (including phenoxy) is 4. The lowest BCUT2D eigenvalue weighted by molar-refractivity contribution is -0.150. The van der Waals surface area contributed by atoms with Crippen molar-refractivity contribution in [2.75, 3.05) is 7.11 Å². The van der Waals surface area contributed by atoms with Gasteiger partial charge in [0.15, 0.2) is 11.9 Å². The quantitative estimate of drug-likeness (QED) is 0.204. The van der Waals surface area contributed by atoms with Crippen LogP contribution in [0.15, 0.2) is 46.8 Å². The molecule has 4 aliphatic carbocycles. The first kappa shape index (κ1) is 31.8. The van der Waals surface area contributed by atoms with E-state index in [0.717, 1.165) is 36.7 Å². The predicted molar refractivity (Wildman–Crippen MR) is 166 cm³/mol. The lowest BCUT2D eigenvalue weighted by Gasteiger charge is -2.46. The van der Waals surface area contributed by atoms with Crippen molar-refractivity contribution >= 4 is 23.7 Å². The Bertz CT molecular complexity index is 1410. The Kier molecular flexibility index (Phi) is 8.18. The minimum Gasteiger partial charge on any atom is -0.491 e. The molecule has 0 amide bonds. The Morgan fingerprint density at radius 1 is 1.07 bits per heavy atom. The molecule has 4 fully saturated rings. The zero-order valence-corrected chi connectivity index (χ0v) is 27.6. The molecule has 8 heteroatoms. The molecule has 0 unspecified atom stereocenters. The summed E-state index contributed by atoms with van der Waals surface area (Å²) in [6, 6.07) is 0. The van der Waals surface area contributed by atoms with E-state index in [2.05, 4.69) is 20.4 Å². The van der Waals surface area contributed by atoms with Crippen LogP contribution < -0.4 is 0 Å². The number of hydrogen-bond acceptors (Lipinski definition) is 8. The molecule has 0 N–H and O–H groups in total. The molecule has 0 radical (unpaired) electrons. The van der Waals surface area contributed by atoms with E-state index in [4.69, 9.17) is 18.9 Å². The van der Waals surface area contributed by atoms with Crippen LogP contribution in [0.2, 0.25) is 0 Å². The van der Waals surface area contributed by atoms with Crippen LogP contribution in [0, 0.1) is 40.9 Å². The largest absolute Gasteiger partial charge is 0.491 e. The topological polar surface area (TPSA) is 105 Å². The van der Waals surface area contributed by atoms with Gasteiger partial charge in [0.25, 0.3) is 0 Å². The van der Waals surface area contributed by atoms with Gasteiger partial charge in [0.05, 0.1) is 24.2 Å². The minimum absolute atomic E-state index is 0.176. The zero-order valence-electron chi connectivity index (χ0n) is 27.6. The monoisotopic (exact) mass is 620 g/mol. The molecule has 2 heterocycles. The summed E-state index contributed by atoms with van der Waals surface area (Å²) in [5.74, 6) is 0.185. The highest BCUT2D eigenvalue weighted by Gasteiger charge is 2.63. The molecule has 6 aliphatic rings. The van der Waals surface area contributed by atoms with E-state index in [0.29, 0.717) is 48.0 Å². The van der Waals surface area contributed by atoms with Crippen LogP contribution in [-0.4, -0.2) is 48.6 Å². The second-order valence-electron chi connectivity index (χ2n) is 15.5. The van der Waals surface area contributed by atoms with Gasteiger partial charge in [-0.25, -0.2) is 9.59 Å². The van der Waals surface area contributed by atoms with Gasteiger partial charge < -0.3 is 18.9 Å². The van der Waals surface area contributed by atoms with E-state index in [1.54, 1.807) is 12.2 Å². The Morgan fingerprint density at radius 2 is 1.82 bits per heavy atom. The van der Waals surface area contributed by atoms with Crippen molar-refractivity contribution in [2.24, 2.45) is 40.9 Å². The molecular formula is C37H48O8. The van der Waals surface area contributed by atoms with Crippen LogP contribution >= 0.6 is 0 Å². The summed E-state index contributed by atoms with van der Waals surface area (Å²) in [6.07, 6.45) is 8.62. The lowest BCUT2D eigenvalue weighted by Crippen LogP contribution is -2.47. The average molecular weight is 621 g/mol. The summed E-state index contributed by atoms with van der Waals surface area (Å²) < 4.78 is 23.8. The third-order valence-electron chi connectivity index (χ3n) is 11.6. The van der Waals surface area contributed by atoms with E-state index in [1.165, 1.54) is 26.9 Å². The highest BCUT2D eigenvalue weighted by atomic mass is 16.6. The van der Waals surface area contributed by atoms with Crippen molar-refractivity contribution in [3.8, 4) is 0 Å². The lowest BCUT2D eigenvalue weighted by atomic mass is 9.68. The molecule has 1 saturated heterocycles. The number of esters is 3. The SMILES string of the molecule is C=C(C)[C@H]1C/C=C2/C(=O)O[C@H](C/C(C)=C/C(=O)[C@@H]3C[C@]4(CC[C@@H]5[C@H]6C[C@H]6CC(C)(C)C[C@H]54)OC(=C3C(=O)OC)C1)[C@H]2OC(C)=O. The number of carbonyl (C=O) groups excluding carboxylic acids is 4. The summed E-state index contributed by atoms with van der Waals surface area (Å²) in [7, 11) is 1.35. The van der Waals surface area contributed by atoms with Gasteiger partial charge in [-0.15, -0.1) is 0 Å². The van der Waals surface area contributed by atoms with Crippen LogP contribution in [-0.2, 0) is 38.1 Å². The van der Waals surface area contributed by atoms with Crippen molar-refractivity contribution in [2.45, 2.75) is 110 Å². The number of fused-ring (bicyclic) bond motifs is 7. The minimum atomic E-state index is -0.869. The van der Waals surface area contributed by atoms with E-state index < -0.39 is 41.6 Å². The molecule has 0 aromatic heterocycles. The number of hydrogen-bond donors (Lipinski definition) is 0. The number of methoxy groups -OCH3 is 1. The first-order valence-corrected chi connectivity index (χ1v) is 16.7. The molecule has 0 aromatic carbocycles. The Morgan fingerprint density at radius 3 is 2.51 bits per heavy atom. The van der Waals surface area contributed by atoms with Crippen LogP contribution in [0.3, 0.4) is 0 Å². The third kappa shape index (κ3) is 5.94. The number of ketones is 1. The average Bonchev–Trinajstić information content (AvgIpc) is 3.56. The maximum atomic E-state index is 14.4. The summed E-state index contributed by atoms with van der Waals surface area (Å²) >= 11 is 0. The van der Waals surface area contributed by atoms with E-state index in [-0.39, 0.29) is 29.1 Å². The van der Waals surface area contributed by atoms with Gasteiger partial charge >= 0.3 is 17.9 Å². The molecule has 9 atom stereocenters. The first-order valence-electron chi connectivity index (χ1n) is 16.7. The molecule has 8 nitrogen and oxygen atoms in total. The molecule has 3 saturated carbocycles. The van der Waals surface area contributed by atoms with Crippen molar-refractivity contribution in [3.05, 3.63) is 46.8 Å². The molecule has 6 rings (SSSR count). The van der Waals surface area contributed by atoms with Gasteiger partial charge in [0, 0.05) is 32.1 Å². The Balaban J connectivity index is 1.46. The Hall–Kier alpha value is -3.16. The molecule has 1 spiro atoms. The normalized spacial score (nSPS) is 41.1. The summed E-state index contributed by atoms with van der Waals surface area (Å²) in [6.45, 7) is 14.0. The molecular weight excluding hydrogens is 572 g/mol. The van der Waals surface area contributed by atoms with Crippen molar-refractivity contribution in [3.63, 3.8) is 0 Å². The highest BCUT2D eigenvalue weighted by Crippen LogP contribution is 2.66. The van der Waals surface area contributed by atoms with E-state index in [9.17, 15) is 19.2 Å². The summed E-state index contributed by atoms with van der Waals surface area (Å²) in [5.41, 5.74) is 1.77. The van der Waals surface area contributed by atoms with Crippen LogP contribution in [0.25, 0.3) is 0 Å². The number of rotatable bonds is 3. The van der Waals surface area contributed by atoms with Crippen LogP contribution in [0.5, 0.6) is 0 Å². The zero-order chi connectivity index (χ0) is 32.4. The standard InChI is InChI=1S/C37H48O8/c1-19(2)22-8-9-25-33(43-21(4)38)31(44-34(25)40)13-20(3)12-29(39)27-17-37(45-30(15-22)32(27)35(41)42-7)11-10-24-26-14-23(26)16-36(5,6)18-28(24)37/h9,12,22-24,26-28,31,33H,1,8,10-11,13-18H2,2-7H3/b20-12+,25-9+/t22-,23-,24+,26-,27-,28+,31+,33-,37-/m0/s1. The van der Waals surface area contributed by atoms with Gasteiger partial charge in [0.2, 0.25) is 0 Å². The van der Waals surface area contributed by atoms with Gasteiger partial charge in [-0.05, 0) is 87.5 Å². The molecule has 0 aromatic rings. The van der Waals surface area contributed by atoms with Crippen molar-refractivity contribution < 1.29 is 38.1 Å². The fourth-order valence-corrected chi connectivity index (χ4v) is 9.50. The van der Waals surface area contributed by atoms with Gasteiger partial charge in [-0.2, -0.15) is 0 Å². The Labute approximate surface area is 266 Å². The second-order valence-corrected chi connectivity index (χ2v) is 15.5. The highest BCUT2D eigenvalue weighted by molar-refractivity contribution is 6.03. The van der Waals surface area contributed by atoms with Crippen molar-refractivity contribution in [1.82, 2.24) is 0 Å². The summed E-state index contributed by atoms with van der Waals surface area (Å²) in [5, 5.41) is 0. The summed E-state index contributed by atoms with van der Waals surface area (Å²) in [4.78, 5) is 52.9. The second kappa shape index (κ2) is 11.6. The van der Waals surface area contributed by atoms with Crippen molar-refractivity contribution in [1.29, 1.82) is 0 Å². The maximum absolute atomic E-state index is 14.4. The fourth-order valence-electron chi connectivity index (χ4n) is 9.50. The van der Waals surface area contributed by atoms with E-state index in [1.807, 2.05) is 13.8 Å². The maximum Gasteiger partial charge on any atom is 0.338 e. The van der Waals surface area contributed by atoms with Crippen LogP contribution in [0.1, 0.15) is 92.4 Å². The molecule has 45 heavy (non-hydrogen) atoms. The van der Waals surface area contributed by atoms with Crippen LogP contribution in [0.4, 0.5) is 0 Å². The smallest absolute Gasteiger partial charge is 0.338 e. The van der Waals surface area contributed by atoms with Gasteiger partial charge in [-0.1, -0.05) is 37.6 Å².